The molecular formula is C24H30F3N3O3. The fourth-order valence-electron chi connectivity index (χ4n) is 3.58. The number of nitrogens with zero attached hydrogens (tertiary/aromatic N) is 2. The summed E-state index contributed by atoms with van der Waals surface area (Å²) in [4.78, 5) is 16.4. The van der Waals surface area contributed by atoms with Gasteiger partial charge in [0.05, 0.1) is 12.1 Å². The summed E-state index contributed by atoms with van der Waals surface area (Å²) in [5.41, 5.74) is 1.05. The van der Waals surface area contributed by atoms with Gasteiger partial charge in [-0.25, -0.2) is 0 Å². The number of rotatable bonds is 9. The Morgan fingerprint density at radius 2 is 1.64 bits per heavy atom. The van der Waals surface area contributed by atoms with Gasteiger partial charge in [-0.15, -0.1) is 0 Å². The molecule has 0 aromatic heterocycles. The number of benzene rings is 2. The number of carbonyl (C=O) groups excluding carboxylic acids is 1. The predicted molar refractivity (Wildman–Crippen MR) is 119 cm³/mol. The third-order valence-corrected chi connectivity index (χ3v) is 5.54. The normalized spacial score (nSPS) is 16.4. The highest BCUT2D eigenvalue weighted by molar-refractivity contribution is 5.78. The SMILES string of the molecule is Cc1ccc(OC[C@@H](O)CN2CCN(CC(=O)NCc3ccc(C(F)(F)F)cc3)CC2)cc1. The molecule has 0 bridgehead atoms. The lowest BCUT2D eigenvalue weighted by atomic mass is 10.1. The van der Waals surface area contributed by atoms with Crippen molar-refractivity contribution in [1.29, 1.82) is 0 Å². The molecule has 1 aliphatic rings. The number of aliphatic hydroxyl groups is 1. The number of hydrogen-bond donors (Lipinski definition) is 2. The minimum atomic E-state index is -4.37. The molecule has 1 fully saturated rings. The molecule has 0 aliphatic carbocycles. The van der Waals surface area contributed by atoms with Crippen LogP contribution >= 0.6 is 0 Å². The molecule has 1 heterocycles. The molecule has 3 rings (SSSR count). The van der Waals surface area contributed by atoms with Crippen LogP contribution in [0, 0.1) is 6.92 Å². The first-order chi connectivity index (χ1) is 15.7. The Kier molecular flexibility index (Phi) is 8.71. The molecule has 0 unspecified atom stereocenters. The molecule has 2 aromatic carbocycles. The molecule has 6 nitrogen and oxygen atoms in total. The first-order valence-corrected chi connectivity index (χ1v) is 10.9. The Bertz CT molecular complexity index is 881. The van der Waals surface area contributed by atoms with E-state index >= 15 is 0 Å². The van der Waals surface area contributed by atoms with E-state index in [-0.39, 0.29) is 25.6 Å². The molecule has 9 heteroatoms. The van der Waals surface area contributed by atoms with Crippen molar-refractivity contribution in [3.8, 4) is 5.75 Å². The highest BCUT2D eigenvalue weighted by Gasteiger charge is 2.30. The Morgan fingerprint density at radius 3 is 2.24 bits per heavy atom. The van der Waals surface area contributed by atoms with Crippen LogP contribution in [0.15, 0.2) is 48.5 Å². The van der Waals surface area contributed by atoms with E-state index in [9.17, 15) is 23.1 Å². The standard InChI is InChI=1S/C24H30F3N3O3/c1-18-2-8-22(9-3-18)33-17-21(31)15-29-10-12-30(13-11-29)16-23(32)28-14-19-4-6-20(7-5-19)24(25,26)27/h2-9,21,31H,10-17H2,1H3,(H,28,32)/t21-/m0/s1. The number of ether oxygens (including phenoxy) is 1. The van der Waals surface area contributed by atoms with Crippen molar-refractivity contribution in [3.05, 3.63) is 65.2 Å². The number of aryl methyl sites for hydroxylation is 1. The number of halogens is 3. The van der Waals surface area contributed by atoms with Gasteiger partial charge in [0.1, 0.15) is 18.5 Å². The van der Waals surface area contributed by atoms with Gasteiger partial charge in [0.2, 0.25) is 5.91 Å². The topological polar surface area (TPSA) is 65.0 Å². The van der Waals surface area contributed by atoms with E-state index in [0.29, 0.717) is 25.2 Å². The van der Waals surface area contributed by atoms with Gasteiger partial charge in [0, 0.05) is 39.3 Å². The van der Waals surface area contributed by atoms with Crippen molar-refractivity contribution >= 4 is 5.91 Å². The molecule has 180 valence electrons. The van der Waals surface area contributed by atoms with Crippen LogP contribution in [0.5, 0.6) is 5.75 Å². The minimum Gasteiger partial charge on any atom is -0.491 e. The van der Waals surface area contributed by atoms with Crippen LogP contribution in [0.4, 0.5) is 13.2 Å². The van der Waals surface area contributed by atoms with Crippen LogP contribution in [0.2, 0.25) is 0 Å². The van der Waals surface area contributed by atoms with Crippen molar-refractivity contribution in [2.75, 3.05) is 45.9 Å². The molecule has 1 atom stereocenters. The highest BCUT2D eigenvalue weighted by Crippen LogP contribution is 2.29. The number of piperazine rings is 1. The van der Waals surface area contributed by atoms with Crippen molar-refractivity contribution in [2.45, 2.75) is 25.7 Å². The first-order valence-electron chi connectivity index (χ1n) is 10.9. The van der Waals surface area contributed by atoms with E-state index in [1.54, 1.807) is 0 Å². The van der Waals surface area contributed by atoms with Gasteiger partial charge >= 0.3 is 6.18 Å². The smallest absolute Gasteiger partial charge is 0.416 e. The zero-order chi connectivity index (χ0) is 23.8. The maximum Gasteiger partial charge on any atom is 0.416 e. The third kappa shape index (κ3) is 8.34. The van der Waals surface area contributed by atoms with E-state index in [1.165, 1.54) is 12.1 Å². The van der Waals surface area contributed by atoms with Gasteiger partial charge in [-0.3, -0.25) is 14.6 Å². The van der Waals surface area contributed by atoms with E-state index in [1.807, 2.05) is 36.1 Å². The van der Waals surface area contributed by atoms with Crippen LogP contribution in [-0.2, 0) is 17.5 Å². The minimum absolute atomic E-state index is 0.171. The molecule has 2 aromatic rings. The number of β-amino-alcohol motifs (C(OH)–C–C–N with tert-alkyl or cyclic N) is 1. The lowest BCUT2D eigenvalue weighted by Crippen LogP contribution is -2.51. The van der Waals surface area contributed by atoms with E-state index in [4.69, 9.17) is 4.74 Å². The third-order valence-electron chi connectivity index (χ3n) is 5.54. The quantitative estimate of drug-likeness (QED) is 0.596. The molecule has 2 N–H and O–H groups in total. The maximum atomic E-state index is 12.6. The van der Waals surface area contributed by atoms with Crippen molar-refractivity contribution in [3.63, 3.8) is 0 Å². The van der Waals surface area contributed by atoms with Gasteiger partial charge in [0.25, 0.3) is 0 Å². The van der Waals surface area contributed by atoms with Gasteiger partial charge in [-0.2, -0.15) is 13.2 Å². The van der Waals surface area contributed by atoms with Gasteiger partial charge in [0.15, 0.2) is 0 Å². The summed E-state index contributed by atoms with van der Waals surface area (Å²) in [6, 6.07) is 12.4. The lowest BCUT2D eigenvalue weighted by Gasteiger charge is -2.35. The van der Waals surface area contributed by atoms with Gasteiger partial charge in [-0.05, 0) is 36.8 Å². The van der Waals surface area contributed by atoms with E-state index in [0.717, 1.165) is 36.5 Å². The first kappa shape index (κ1) is 25.0. The monoisotopic (exact) mass is 465 g/mol. The molecule has 0 saturated carbocycles. The lowest BCUT2D eigenvalue weighted by molar-refractivity contribution is -0.137. The number of nitrogens with one attached hydrogen (secondary N) is 1. The molecule has 1 amide bonds. The Labute approximate surface area is 191 Å². The van der Waals surface area contributed by atoms with Crippen molar-refractivity contribution in [1.82, 2.24) is 15.1 Å². The molecule has 1 aliphatic heterocycles. The molecule has 33 heavy (non-hydrogen) atoms. The fourth-order valence-corrected chi connectivity index (χ4v) is 3.58. The molecule has 0 radical (unpaired) electrons. The van der Waals surface area contributed by atoms with Crippen LogP contribution in [-0.4, -0.2) is 72.8 Å². The average Bonchev–Trinajstić information content (AvgIpc) is 2.78. The summed E-state index contributed by atoms with van der Waals surface area (Å²) in [7, 11) is 0. The van der Waals surface area contributed by atoms with Crippen LogP contribution in [0.1, 0.15) is 16.7 Å². The maximum absolute atomic E-state index is 12.6. The summed E-state index contributed by atoms with van der Waals surface area (Å²) < 4.78 is 43.5. The van der Waals surface area contributed by atoms with Gasteiger partial charge < -0.3 is 15.2 Å². The van der Waals surface area contributed by atoms with Crippen LogP contribution in [0.25, 0.3) is 0 Å². The van der Waals surface area contributed by atoms with Crippen LogP contribution < -0.4 is 10.1 Å². The number of carbonyl (C=O) groups is 1. The second kappa shape index (κ2) is 11.5. The van der Waals surface area contributed by atoms with Gasteiger partial charge in [-0.1, -0.05) is 29.8 Å². The second-order valence-electron chi connectivity index (χ2n) is 8.33. The Balaban J connectivity index is 1.31. The van der Waals surface area contributed by atoms with Crippen LogP contribution in [0.3, 0.4) is 0 Å². The highest BCUT2D eigenvalue weighted by atomic mass is 19.4. The van der Waals surface area contributed by atoms with Crippen molar-refractivity contribution in [2.24, 2.45) is 0 Å². The summed E-state index contributed by atoms with van der Waals surface area (Å²) in [6.45, 7) is 5.98. The molecule has 1 saturated heterocycles. The summed E-state index contributed by atoms with van der Waals surface area (Å²) in [5, 5.41) is 13.0. The zero-order valence-electron chi connectivity index (χ0n) is 18.6. The predicted octanol–water partition coefficient (Wildman–Crippen LogP) is 2.69. The summed E-state index contributed by atoms with van der Waals surface area (Å²) >= 11 is 0. The second-order valence-corrected chi connectivity index (χ2v) is 8.33. The summed E-state index contributed by atoms with van der Waals surface area (Å²) in [5.74, 6) is 0.557. The number of amides is 1. The number of alkyl halides is 3. The zero-order valence-corrected chi connectivity index (χ0v) is 18.6. The number of hydrogen-bond acceptors (Lipinski definition) is 5. The molecule has 0 spiro atoms. The Morgan fingerprint density at radius 1 is 1.03 bits per heavy atom. The number of aliphatic hydroxyl groups excluding tert-OH is 1. The summed E-state index contributed by atoms with van der Waals surface area (Å²) in [6.07, 6.45) is -4.97. The fraction of sp³-hybridized carbons (Fsp3) is 0.458. The average molecular weight is 466 g/mol. The largest absolute Gasteiger partial charge is 0.491 e. The van der Waals surface area contributed by atoms with E-state index < -0.39 is 17.8 Å². The van der Waals surface area contributed by atoms with E-state index in [2.05, 4.69) is 10.2 Å². The molecular weight excluding hydrogens is 435 g/mol. The van der Waals surface area contributed by atoms with Crippen molar-refractivity contribution < 1.29 is 27.8 Å². The Hall–Kier alpha value is -2.62.